The van der Waals surface area contributed by atoms with Crippen LogP contribution >= 0.6 is 0 Å². The number of carbonyl (C=O) groups is 1. The molecule has 6 heteroatoms. The molecule has 0 aliphatic rings. The monoisotopic (exact) mass is 335 g/mol. The number of urea groups is 1. The van der Waals surface area contributed by atoms with Crippen molar-refractivity contribution in [1.82, 2.24) is 25.4 Å². The maximum Gasteiger partial charge on any atom is 0.315 e. The van der Waals surface area contributed by atoms with Gasteiger partial charge >= 0.3 is 6.03 Å². The summed E-state index contributed by atoms with van der Waals surface area (Å²) in [5, 5.41) is 10.3. The van der Waals surface area contributed by atoms with Gasteiger partial charge in [0.2, 0.25) is 0 Å². The van der Waals surface area contributed by atoms with Crippen molar-refractivity contribution in [1.29, 1.82) is 0 Å². The molecule has 0 spiro atoms. The van der Waals surface area contributed by atoms with Gasteiger partial charge in [-0.15, -0.1) is 0 Å². The molecule has 0 saturated carbocycles. The number of para-hydroxylation sites is 1. The number of hydrogen-bond donors (Lipinski definition) is 2. The molecule has 1 aromatic carbocycles. The summed E-state index contributed by atoms with van der Waals surface area (Å²) in [4.78, 5) is 16.0. The van der Waals surface area contributed by atoms with Crippen molar-refractivity contribution in [2.24, 2.45) is 0 Å². The summed E-state index contributed by atoms with van der Waals surface area (Å²) in [6.07, 6.45) is 6.04. The van der Waals surface area contributed by atoms with E-state index in [0.717, 1.165) is 16.9 Å². The summed E-state index contributed by atoms with van der Waals surface area (Å²) >= 11 is 0. The van der Waals surface area contributed by atoms with Crippen molar-refractivity contribution >= 4 is 6.03 Å². The molecule has 2 heterocycles. The fourth-order valence-corrected chi connectivity index (χ4v) is 2.51. The van der Waals surface area contributed by atoms with Crippen molar-refractivity contribution in [3.05, 3.63) is 78.4 Å². The average Bonchev–Trinajstić information content (AvgIpc) is 3.12. The minimum Gasteiger partial charge on any atom is -0.338 e. The Balaban J connectivity index is 1.45. The third kappa shape index (κ3) is 4.67. The van der Waals surface area contributed by atoms with E-state index in [0.29, 0.717) is 13.0 Å². The van der Waals surface area contributed by atoms with E-state index in [2.05, 4.69) is 20.7 Å². The lowest BCUT2D eigenvalue weighted by Crippen LogP contribution is -2.38. The second-order valence-corrected chi connectivity index (χ2v) is 5.74. The maximum atomic E-state index is 12.0. The Labute approximate surface area is 146 Å². The van der Waals surface area contributed by atoms with Gasteiger partial charge in [0.25, 0.3) is 0 Å². The van der Waals surface area contributed by atoms with Gasteiger partial charge in [-0.05, 0) is 42.8 Å². The zero-order chi connectivity index (χ0) is 17.5. The number of hydrogen-bond acceptors (Lipinski definition) is 3. The third-order valence-electron chi connectivity index (χ3n) is 3.89. The van der Waals surface area contributed by atoms with E-state index in [1.165, 1.54) is 0 Å². The molecule has 3 aromatic rings. The fourth-order valence-electron chi connectivity index (χ4n) is 2.51. The Hall–Kier alpha value is -3.15. The zero-order valence-electron chi connectivity index (χ0n) is 14.1. The predicted molar refractivity (Wildman–Crippen MR) is 96.5 cm³/mol. The highest BCUT2D eigenvalue weighted by Gasteiger charge is 2.09. The van der Waals surface area contributed by atoms with Crippen molar-refractivity contribution < 1.29 is 4.79 Å². The minimum absolute atomic E-state index is 0.0692. The molecule has 0 saturated heterocycles. The van der Waals surface area contributed by atoms with Crippen molar-refractivity contribution in [2.75, 3.05) is 6.54 Å². The van der Waals surface area contributed by atoms with Crippen molar-refractivity contribution in [2.45, 2.75) is 19.4 Å². The largest absolute Gasteiger partial charge is 0.338 e. The highest BCUT2D eigenvalue weighted by Crippen LogP contribution is 2.10. The Morgan fingerprint density at radius 1 is 1.12 bits per heavy atom. The van der Waals surface area contributed by atoms with Crippen LogP contribution in [0.1, 0.15) is 24.2 Å². The molecule has 2 aromatic heterocycles. The summed E-state index contributed by atoms with van der Waals surface area (Å²) in [5.74, 6) is 0. The van der Waals surface area contributed by atoms with E-state index in [4.69, 9.17) is 0 Å². The van der Waals surface area contributed by atoms with Crippen LogP contribution in [0.15, 0.2) is 67.1 Å². The lowest BCUT2D eigenvalue weighted by molar-refractivity contribution is 0.238. The summed E-state index contributed by atoms with van der Waals surface area (Å²) in [6, 6.07) is 15.4. The molecule has 6 nitrogen and oxygen atoms in total. The van der Waals surface area contributed by atoms with Crippen LogP contribution in [0.25, 0.3) is 5.69 Å². The summed E-state index contributed by atoms with van der Waals surface area (Å²) in [5.41, 5.74) is 2.98. The van der Waals surface area contributed by atoms with E-state index in [-0.39, 0.29) is 12.1 Å². The van der Waals surface area contributed by atoms with Crippen LogP contribution in [0.2, 0.25) is 0 Å². The molecule has 0 bridgehead atoms. The molecular formula is C19H21N5O. The molecule has 0 unspecified atom stereocenters. The van der Waals surface area contributed by atoms with E-state index in [1.807, 2.05) is 66.3 Å². The Morgan fingerprint density at radius 2 is 1.88 bits per heavy atom. The highest BCUT2D eigenvalue weighted by molar-refractivity contribution is 5.74. The molecule has 128 valence electrons. The van der Waals surface area contributed by atoms with E-state index in [1.54, 1.807) is 12.4 Å². The first kappa shape index (κ1) is 16.7. The normalized spacial score (nSPS) is 11.7. The van der Waals surface area contributed by atoms with Gasteiger partial charge in [-0.1, -0.05) is 18.2 Å². The maximum absolute atomic E-state index is 12.0. The number of pyridine rings is 1. The first-order valence-corrected chi connectivity index (χ1v) is 8.26. The first-order valence-electron chi connectivity index (χ1n) is 8.26. The van der Waals surface area contributed by atoms with Crippen LogP contribution in [0.4, 0.5) is 4.79 Å². The highest BCUT2D eigenvalue weighted by atomic mass is 16.2. The summed E-state index contributed by atoms with van der Waals surface area (Å²) in [6.45, 7) is 2.47. The van der Waals surface area contributed by atoms with Gasteiger partial charge < -0.3 is 10.6 Å². The lowest BCUT2D eigenvalue weighted by atomic mass is 10.1. The second kappa shape index (κ2) is 8.10. The van der Waals surface area contributed by atoms with Gasteiger partial charge in [0.15, 0.2) is 0 Å². The predicted octanol–water partition coefficient (Wildman–Crippen LogP) is 2.87. The number of nitrogens with one attached hydrogen (secondary N) is 2. The van der Waals surface area contributed by atoms with Crippen LogP contribution < -0.4 is 10.6 Å². The molecule has 2 N–H and O–H groups in total. The Bertz CT molecular complexity index is 801. The molecule has 0 radical (unpaired) electrons. The van der Waals surface area contributed by atoms with Crippen LogP contribution in [-0.2, 0) is 6.42 Å². The SMILES string of the molecule is C[C@@H](NC(=O)NCCc1ccn(-c2ccccc2)n1)c1ccncc1. The van der Waals surface area contributed by atoms with E-state index >= 15 is 0 Å². The molecule has 2 amide bonds. The number of carbonyl (C=O) groups excluding carboxylic acids is 1. The number of aromatic nitrogens is 3. The number of rotatable bonds is 6. The molecule has 3 rings (SSSR count). The van der Waals surface area contributed by atoms with Crippen LogP contribution in [0.5, 0.6) is 0 Å². The summed E-state index contributed by atoms with van der Waals surface area (Å²) in [7, 11) is 0. The van der Waals surface area contributed by atoms with Gasteiger partial charge in [0.1, 0.15) is 0 Å². The van der Waals surface area contributed by atoms with E-state index < -0.39 is 0 Å². The van der Waals surface area contributed by atoms with Crippen LogP contribution in [-0.4, -0.2) is 27.3 Å². The van der Waals surface area contributed by atoms with Crippen LogP contribution in [0, 0.1) is 0 Å². The average molecular weight is 335 g/mol. The quantitative estimate of drug-likeness (QED) is 0.727. The van der Waals surface area contributed by atoms with Crippen molar-refractivity contribution in [3.8, 4) is 5.69 Å². The molecular weight excluding hydrogens is 314 g/mol. The minimum atomic E-state index is -0.188. The van der Waals surface area contributed by atoms with Gasteiger partial charge in [-0.2, -0.15) is 5.10 Å². The number of nitrogens with zero attached hydrogens (tertiary/aromatic N) is 3. The molecule has 0 fully saturated rings. The van der Waals surface area contributed by atoms with Gasteiger partial charge in [-0.25, -0.2) is 9.48 Å². The molecule has 1 atom stereocenters. The fraction of sp³-hybridized carbons (Fsp3) is 0.211. The molecule has 0 aliphatic heterocycles. The number of amides is 2. The van der Waals surface area contributed by atoms with Crippen LogP contribution in [0.3, 0.4) is 0 Å². The first-order chi connectivity index (χ1) is 12.2. The van der Waals surface area contributed by atoms with Crippen molar-refractivity contribution in [3.63, 3.8) is 0 Å². The topological polar surface area (TPSA) is 71.8 Å². The molecule has 25 heavy (non-hydrogen) atoms. The van der Waals surface area contributed by atoms with Gasteiger partial charge in [-0.3, -0.25) is 4.98 Å². The zero-order valence-corrected chi connectivity index (χ0v) is 14.1. The summed E-state index contributed by atoms with van der Waals surface area (Å²) < 4.78 is 1.83. The smallest absolute Gasteiger partial charge is 0.315 e. The van der Waals surface area contributed by atoms with E-state index in [9.17, 15) is 4.79 Å². The Kier molecular flexibility index (Phi) is 5.41. The van der Waals surface area contributed by atoms with Gasteiger partial charge in [0, 0.05) is 31.6 Å². The molecule has 0 aliphatic carbocycles. The number of benzene rings is 1. The second-order valence-electron chi connectivity index (χ2n) is 5.74. The lowest BCUT2D eigenvalue weighted by Gasteiger charge is -2.14. The standard InChI is InChI=1S/C19H21N5O/c1-15(16-7-11-20-12-8-16)22-19(25)21-13-9-17-10-14-24(23-17)18-5-3-2-4-6-18/h2-8,10-12,14-15H,9,13H2,1H3,(H2,21,22,25)/t15-/m1/s1. The van der Waals surface area contributed by atoms with Gasteiger partial charge in [0.05, 0.1) is 17.4 Å². The Morgan fingerprint density at radius 3 is 2.64 bits per heavy atom. The third-order valence-corrected chi connectivity index (χ3v) is 3.89.